The summed E-state index contributed by atoms with van der Waals surface area (Å²) in [5, 5.41) is 3.43. The lowest BCUT2D eigenvalue weighted by Crippen LogP contribution is -2.51. The summed E-state index contributed by atoms with van der Waals surface area (Å²) in [4.78, 5) is 16.8. The molecule has 1 unspecified atom stereocenters. The van der Waals surface area contributed by atoms with Crippen LogP contribution in [0.4, 0.5) is 11.4 Å². The summed E-state index contributed by atoms with van der Waals surface area (Å²) in [5.41, 5.74) is 4.57. The van der Waals surface area contributed by atoms with E-state index in [1.54, 1.807) is 0 Å². The molecule has 1 aliphatic rings. The molecule has 1 aromatic carbocycles. The van der Waals surface area contributed by atoms with Gasteiger partial charge in [0.25, 0.3) is 0 Å². The fourth-order valence-electron chi connectivity index (χ4n) is 2.64. The van der Waals surface area contributed by atoms with Crippen molar-refractivity contribution in [2.45, 2.75) is 33.7 Å². The van der Waals surface area contributed by atoms with E-state index in [1.807, 2.05) is 19.0 Å². The number of nitrogens with one attached hydrogen (secondary N) is 1. The van der Waals surface area contributed by atoms with Crippen LogP contribution in [-0.4, -0.2) is 44.0 Å². The van der Waals surface area contributed by atoms with E-state index in [0.717, 1.165) is 24.5 Å². The number of benzene rings is 1. The predicted octanol–water partition coefficient (Wildman–Crippen LogP) is 2.65. The number of likely N-dealkylation sites (N-methyl/N-ethyl adjacent to an activating group) is 1. The van der Waals surface area contributed by atoms with Crippen molar-refractivity contribution in [3.05, 3.63) is 23.3 Å². The van der Waals surface area contributed by atoms with E-state index in [9.17, 15) is 4.79 Å². The summed E-state index contributed by atoms with van der Waals surface area (Å²) >= 11 is 0. The summed E-state index contributed by atoms with van der Waals surface area (Å²) < 4.78 is 0. The summed E-state index contributed by atoms with van der Waals surface area (Å²) in [7, 11) is 4.07. The number of aryl methyl sites for hydroxylation is 2. The highest BCUT2D eigenvalue weighted by molar-refractivity contribution is 6.05. The van der Waals surface area contributed by atoms with E-state index in [4.69, 9.17) is 0 Å². The van der Waals surface area contributed by atoms with E-state index in [0.29, 0.717) is 0 Å². The summed E-state index contributed by atoms with van der Waals surface area (Å²) in [6, 6.07) is 4.15. The van der Waals surface area contributed by atoms with Crippen molar-refractivity contribution < 1.29 is 4.79 Å². The molecule has 2 rings (SSSR count). The summed E-state index contributed by atoms with van der Waals surface area (Å²) in [6.07, 6.45) is 0. The van der Waals surface area contributed by atoms with Crippen molar-refractivity contribution in [2.24, 2.45) is 5.92 Å². The van der Waals surface area contributed by atoms with Gasteiger partial charge in [-0.1, -0.05) is 13.8 Å². The van der Waals surface area contributed by atoms with Gasteiger partial charge in [0, 0.05) is 13.1 Å². The zero-order valence-electron chi connectivity index (χ0n) is 14.0. The quantitative estimate of drug-likeness (QED) is 0.925. The molecule has 1 heterocycles. The molecule has 0 saturated carbocycles. The van der Waals surface area contributed by atoms with Gasteiger partial charge in [-0.3, -0.25) is 4.79 Å². The Morgan fingerprint density at radius 2 is 1.86 bits per heavy atom. The summed E-state index contributed by atoms with van der Waals surface area (Å²) in [6.45, 7) is 9.98. The second-order valence-electron chi connectivity index (χ2n) is 6.61. The number of rotatable bonds is 4. The lowest BCUT2D eigenvalue weighted by molar-refractivity contribution is -0.120. The van der Waals surface area contributed by atoms with Crippen LogP contribution in [0.2, 0.25) is 0 Å². The van der Waals surface area contributed by atoms with Gasteiger partial charge in [-0.2, -0.15) is 0 Å². The van der Waals surface area contributed by atoms with E-state index < -0.39 is 0 Å². The van der Waals surface area contributed by atoms with E-state index >= 15 is 0 Å². The zero-order valence-corrected chi connectivity index (χ0v) is 14.0. The Labute approximate surface area is 128 Å². The molecule has 0 bridgehead atoms. The topological polar surface area (TPSA) is 35.6 Å². The average Bonchev–Trinajstić information content (AvgIpc) is 2.39. The van der Waals surface area contributed by atoms with Gasteiger partial charge in [-0.15, -0.1) is 0 Å². The number of carbonyl (C=O) groups is 1. The molecule has 0 aliphatic carbocycles. The standard InChI is InChI=1S/C17H27N3O/c1-11(2)16-17(21)20(8-7-19(5)6)15-10-13(4)12(3)9-14(15)18-16/h9-11,16,18H,7-8H2,1-6H3. The van der Waals surface area contributed by atoms with Crippen LogP contribution in [0.3, 0.4) is 0 Å². The second-order valence-corrected chi connectivity index (χ2v) is 6.61. The van der Waals surface area contributed by atoms with Gasteiger partial charge < -0.3 is 15.1 Å². The van der Waals surface area contributed by atoms with Crippen LogP contribution in [0, 0.1) is 19.8 Å². The van der Waals surface area contributed by atoms with Crippen LogP contribution >= 0.6 is 0 Å². The molecule has 1 aliphatic heterocycles. The molecular weight excluding hydrogens is 262 g/mol. The normalized spacial score (nSPS) is 18.2. The molecule has 1 aromatic rings. The third kappa shape index (κ3) is 3.21. The van der Waals surface area contributed by atoms with Gasteiger partial charge in [0.2, 0.25) is 5.91 Å². The number of fused-ring (bicyclic) bond motifs is 1. The molecule has 116 valence electrons. The molecule has 1 amide bonds. The Balaban J connectivity index is 2.41. The van der Waals surface area contributed by atoms with E-state index in [-0.39, 0.29) is 17.9 Å². The van der Waals surface area contributed by atoms with E-state index in [1.165, 1.54) is 11.1 Å². The van der Waals surface area contributed by atoms with Crippen molar-refractivity contribution in [1.82, 2.24) is 4.90 Å². The Hall–Kier alpha value is -1.55. The Kier molecular flexibility index (Phi) is 4.57. The number of hydrogen-bond acceptors (Lipinski definition) is 3. The first-order valence-corrected chi connectivity index (χ1v) is 7.65. The molecular formula is C17H27N3O. The number of anilines is 2. The van der Waals surface area contributed by atoms with Crippen LogP contribution in [0.25, 0.3) is 0 Å². The largest absolute Gasteiger partial charge is 0.372 e. The molecule has 0 saturated heterocycles. The molecule has 1 atom stereocenters. The highest BCUT2D eigenvalue weighted by Crippen LogP contribution is 2.35. The highest BCUT2D eigenvalue weighted by Gasteiger charge is 2.34. The molecule has 0 aromatic heterocycles. The number of amides is 1. The minimum absolute atomic E-state index is 0.137. The second kappa shape index (κ2) is 6.06. The van der Waals surface area contributed by atoms with Crippen LogP contribution in [0.15, 0.2) is 12.1 Å². The number of hydrogen-bond donors (Lipinski definition) is 1. The van der Waals surface area contributed by atoms with Crippen LogP contribution in [0.5, 0.6) is 0 Å². The zero-order chi connectivity index (χ0) is 15.7. The lowest BCUT2D eigenvalue weighted by Gasteiger charge is -2.38. The molecule has 21 heavy (non-hydrogen) atoms. The fraction of sp³-hybridized carbons (Fsp3) is 0.588. The van der Waals surface area contributed by atoms with Crippen LogP contribution in [-0.2, 0) is 4.79 Å². The predicted molar refractivity (Wildman–Crippen MR) is 89.1 cm³/mol. The van der Waals surface area contributed by atoms with Gasteiger partial charge in [-0.05, 0) is 57.1 Å². The van der Waals surface area contributed by atoms with Crippen LogP contribution < -0.4 is 10.2 Å². The average molecular weight is 289 g/mol. The molecule has 0 fully saturated rings. The van der Waals surface area contributed by atoms with Gasteiger partial charge in [-0.25, -0.2) is 0 Å². The Morgan fingerprint density at radius 3 is 2.43 bits per heavy atom. The number of nitrogens with zero attached hydrogens (tertiary/aromatic N) is 2. The fourth-order valence-corrected chi connectivity index (χ4v) is 2.64. The molecule has 0 radical (unpaired) electrons. The first kappa shape index (κ1) is 15.8. The van der Waals surface area contributed by atoms with Crippen molar-refractivity contribution in [1.29, 1.82) is 0 Å². The third-order valence-electron chi connectivity index (χ3n) is 4.18. The van der Waals surface area contributed by atoms with Gasteiger partial charge in [0.15, 0.2) is 0 Å². The lowest BCUT2D eigenvalue weighted by atomic mass is 9.97. The van der Waals surface area contributed by atoms with Crippen LogP contribution in [0.1, 0.15) is 25.0 Å². The SMILES string of the molecule is Cc1cc2c(cc1C)N(CCN(C)C)C(=O)C(C(C)C)N2. The molecule has 4 nitrogen and oxygen atoms in total. The van der Waals surface area contributed by atoms with Crippen molar-refractivity contribution >= 4 is 17.3 Å². The first-order valence-electron chi connectivity index (χ1n) is 7.65. The number of carbonyl (C=O) groups excluding carboxylic acids is 1. The summed E-state index contributed by atoms with van der Waals surface area (Å²) in [5.74, 6) is 0.455. The van der Waals surface area contributed by atoms with Gasteiger partial charge >= 0.3 is 0 Å². The van der Waals surface area contributed by atoms with Crippen molar-refractivity contribution in [2.75, 3.05) is 37.4 Å². The first-order chi connectivity index (χ1) is 9.81. The van der Waals surface area contributed by atoms with E-state index in [2.05, 4.69) is 50.0 Å². The molecule has 0 spiro atoms. The highest BCUT2D eigenvalue weighted by atomic mass is 16.2. The Morgan fingerprint density at radius 1 is 1.24 bits per heavy atom. The smallest absolute Gasteiger partial charge is 0.249 e. The Bertz CT molecular complexity index is 537. The van der Waals surface area contributed by atoms with Gasteiger partial charge in [0.1, 0.15) is 6.04 Å². The minimum Gasteiger partial charge on any atom is -0.372 e. The van der Waals surface area contributed by atoms with Crippen molar-refractivity contribution in [3.8, 4) is 0 Å². The maximum absolute atomic E-state index is 12.8. The maximum atomic E-state index is 12.8. The molecule has 4 heteroatoms. The monoisotopic (exact) mass is 289 g/mol. The third-order valence-corrected chi connectivity index (χ3v) is 4.18. The molecule has 1 N–H and O–H groups in total. The van der Waals surface area contributed by atoms with Gasteiger partial charge in [0.05, 0.1) is 11.4 Å². The minimum atomic E-state index is -0.137. The van der Waals surface area contributed by atoms with Crippen molar-refractivity contribution in [3.63, 3.8) is 0 Å². The maximum Gasteiger partial charge on any atom is 0.249 e.